The minimum atomic E-state index is -0.579. The molecule has 0 radical (unpaired) electrons. The number of hydrogen-bond donors (Lipinski definition) is 3. The lowest BCUT2D eigenvalue weighted by molar-refractivity contribution is -0.126. The van der Waals surface area contributed by atoms with Crippen LogP contribution in [0.25, 0.3) is 0 Å². The second-order valence-corrected chi connectivity index (χ2v) is 8.66. The van der Waals surface area contributed by atoms with Gasteiger partial charge in [-0.2, -0.15) is 5.10 Å². The summed E-state index contributed by atoms with van der Waals surface area (Å²) in [5.74, 6) is -1.14. The summed E-state index contributed by atoms with van der Waals surface area (Å²) in [5, 5.41) is 9.25. The van der Waals surface area contributed by atoms with Crippen molar-refractivity contribution in [2.75, 3.05) is 23.8 Å². The van der Waals surface area contributed by atoms with E-state index in [4.69, 9.17) is 9.47 Å². The third kappa shape index (κ3) is 9.39. The van der Waals surface area contributed by atoms with Gasteiger partial charge in [0.25, 0.3) is 5.91 Å². The van der Waals surface area contributed by atoms with Crippen molar-refractivity contribution < 1.29 is 28.2 Å². The van der Waals surface area contributed by atoms with Crippen molar-refractivity contribution in [1.82, 2.24) is 5.43 Å². The Hall–Kier alpha value is -4.99. The van der Waals surface area contributed by atoms with Gasteiger partial charge in [-0.05, 0) is 74.4 Å². The fourth-order valence-corrected chi connectivity index (χ4v) is 3.57. The maximum atomic E-state index is 13.1. The van der Waals surface area contributed by atoms with Gasteiger partial charge >= 0.3 is 0 Å². The standard InChI is InChI=1S/C30H31FN4O5/c1-4-6-22-15-21(18-32-35-28(37)17-27(36)33-24-11-7-20(3)8-12-24)16-26(39-5-2)30(22)40-19-29(38)34-25-13-9-23(31)10-14-25/h4,7-16,18H,1,5-6,17,19H2,2-3H3,(H,33,36)(H,34,38)(H,35,37). The molecule has 0 bridgehead atoms. The number of hydrogen-bond acceptors (Lipinski definition) is 6. The van der Waals surface area contributed by atoms with Crippen LogP contribution < -0.4 is 25.5 Å². The number of nitrogens with one attached hydrogen (secondary N) is 3. The number of nitrogens with zero attached hydrogens (tertiary/aromatic N) is 1. The van der Waals surface area contributed by atoms with Crippen LogP contribution in [0.15, 0.2) is 78.4 Å². The molecule has 3 aromatic carbocycles. The largest absolute Gasteiger partial charge is 0.490 e. The van der Waals surface area contributed by atoms with E-state index in [0.29, 0.717) is 47.0 Å². The van der Waals surface area contributed by atoms with E-state index in [0.717, 1.165) is 5.56 Å². The normalized spacial score (nSPS) is 10.6. The molecule has 0 aromatic heterocycles. The zero-order chi connectivity index (χ0) is 28.9. The molecule has 3 rings (SSSR count). The molecule has 0 spiro atoms. The third-order valence-corrected chi connectivity index (χ3v) is 5.35. The van der Waals surface area contributed by atoms with Crippen molar-refractivity contribution in [3.63, 3.8) is 0 Å². The van der Waals surface area contributed by atoms with E-state index < -0.39 is 30.0 Å². The quantitative estimate of drug-likeness (QED) is 0.124. The average molecular weight is 547 g/mol. The first kappa shape index (κ1) is 29.6. The van der Waals surface area contributed by atoms with Crippen LogP contribution in [-0.2, 0) is 20.8 Å². The van der Waals surface area contributed by atoms with Crippen LogP contribution in [0.1, 0.15) is 30.0 Å². The van der Waals surface area contributed by atoms with Crippen LogP contribution in [0.3, 0.4) is 0 Å². The summed E-state index contributed by atoms with van der Waals surface area (Å²) in [5.41, 5.74) is 5.71. The molecule has 208 valence electrons. The average Bonchev–Trinajstić information content (AvgIpc) is 2.91. The van der Waals surface area contributed by atoms with Crippen LogP contribution in [0, 0.1) is 12.7 Å². The predicted octanol–water partition coefficient (Wildman–Crippen LogP) is 4.76. The molecule has 0 aliphatic carbocycles. The van der Waals surface area contributed by atoms with Crippen LogP contribution in [0.2, 0.25) is 0 Å². The number of benzene rings is 3. The molecule has 0 atom stereocenters. The first-order valence-corrected chi connectivity index (χ1v) is 12.5. The van der Waals surface area contributed by atoms with Gasteiger partial charge in [-0.25, -0.2) is 9.82 Å². The van der Waals surface area contributed by atoms with Crippen molar-refractivity contribution in [2.24, 2.45) is 5.10 Å². The summed E-state index contributed by atoms with van der Waals surface area (Å²) in [7, 11) is 0. The van der Waals surface area contributed by atoms with E-state index in [-0.39, 0.29) is 6.61 Å². The predicted molar refractivity (Wildman–Crippen MR) is 152 cm³/mol. The van der Waals surface area contributed by atoms with Gasteiger partial charge in [0.2, 0.25) is 11.8 Å². The van der Waals surface area contributed by atoms with Crippen LogP contribution in [0.4, 0.5) is 15.8 Å². The van der Waals surface area contributed by atoms with Crippen LogP contribution in [-0.4, -0.2) is 37.1 Å². The first-order chi connectivity index (χ1) is 19.3. The Labute approximate surface area is 232 Å². The van der Waals surface area contributed by atoms with Gasteiger partial charge < -0.3 is 20.1 Å². The number of amides is 3. The van der Waals surface area contributed by atoms with Gasteiger partial charge in [0.1, 0.15) is 12.2 Å². The second kappa shape index (κ2) is 14.8. The minimum absolute atomic E-state index is 0.310. The lowest BCUT2D eigenvalue weighted by Crippen LogP contribution is -2.24. The second-order valence-electron chi connectivity index (χ2n) is 8.66. The van der Waals surface area contributed by atoms with Crippen LogP contribution >= 0.6 is 0 Å². The molecule has 3 N–H and O–H groups in total. The fraction of sp³-hybridized carbons (Fsp3) is 0.200. The van der Waals surface area contributed by atoms with E-state index in [1.54, 1.807) is 37.3 Å². The van der Waals surface area contributed by atoms with Crippen molar-refractivity contribution >= 4 is 35.3 Å². The van der Waals surface area contributed by atoms with Gasteiger partial charge in [0.05, 0.1) is 12.8 Å². The highest BCUT2D eigenvalue weighted by Crippen LogP contribution is 2.33. The van der Waals surface area contributed by atoms with Crippen molar-refractivity contribution in [1.29, 1.82) is 0 Å². The Balaban J connectivity index is 1.63. The summed E-state index contributed by atoms with van der Waals surface area (Å²) >= 11 is 0. The lowest BCUT2D eigenvalue weighted by atomic mass is 10.1. The fourth-order valence-electron chi connectivity index (χ4n) is 3.57. The summed E-state index contributed by atoms with van der Waals surface area (Å²) < 4.78 is 24.7. The highest BCUT2D eigenvalue weighted by Gasteiger charge is 2.15. The summed E-state index contributed by atoms with van der Waals surface area (Å²) in [6.45, 7) is 7.54. The summed E-state index contributed by atoms with van der Waals surface area (Å²) in [6, 6.07) is 16.0. The lowest BCUT2D eigenvalue weighted by Gasteiger charge is -2.16. The van der Waals surface area contributed by atoms with E-state index in [2.05, 4.69) is 27.7 Å². The highest BCUT2D eigenvalue weighted by atomic mass is 19.1. The Morgan fingerprint density at radius 3 is 2.23 bits per heavy atom. The molecule has 0 unspecified atom stereocenters. The molecular weight excluding hydrogens is 515 g/mol. The number of anilines is 2. The molecule has 3 amide bonds. The Morgan fingerprint density at radius 2 is 1.57 bits per heavy atom. The molecule has 3 aromatic rings. The SMILES string of the molecule is C=CCc1cc(C=NNC(=O)CC(=O)Nc2ccc(C)cc2)cc(OCC)c1OCC(=O)Nc1ccc(F)cc1. The third-order valence-electron chi connectivity index (χ3n) is 5.35. The van der Waals surface area contributed by atoms with Gasteiger partial charge in [-0.1, -0.05) is 23.8 Å². The molecule has 40 heavy (non-hydrogen) atoms. The van der Waals surface area contributed by atoms with Crippen molar-refractivity contribution in [2.45, 2.75) is 26.7 Å². The van der Waals surface area contributed by atoms with Gasteiger partial charge in [-0.3, -0.25) is 14.4 Å². The molecule has 10 heteroatoms. The monoisotopic (exact) mass is 546 g/mol. The molecule has 9 nitrogen and oxygen atoms in total. The van der Waals surface area contributed by atoms with E-state index in [9.17, 15) is 18.8 Å². The van der Waals surface area contributed by atoms with Crippen molar-refractivity contribution in [3.05, 3.63) is 95.8 Å². The topological polar surface area (TPSA) is 118 Å². The molecule has 0 saturated carbocycles. The number of carbonyl (C=O) groups is 3. The zero-order valence-corrected chi connectivity index (χ0v) is 22.3. The molecule has 0 heterocycles. The Morgan fingerprint density at radius 1 is 0.925 bits per heavy atom. The van der Waals surface area contributed by atoms with Gasteiger partial charge in [-0.15, -0.1) is 6.58 Å². The molecule has 0 fully saturated rings. The summed E-state index contributed by atoms with van der Waals surface area (Å²) in [4.78, 5) is 36.7. The summed E-state index contributed by atoms with van der Waals surface area (Å²) in [6.07, 6.45) is 3.09. The number of aryl methyl sites for hydroxylation is 1. The van der Waals surface area contributed by atoms with E-state index >= 15 is 0 Å². The van der Waals surface area contributed by atoms with E-state index in [1.807, 2.05) is 19.1 Å². The Kier molecular flexibility index (Phi) is 11.0. The number of carbonyl (C=O) groups excluding carboxylic acids is 3. The Bertz CT molecular complexity index is 1370. The smallest absolute Gasteiger partial charge is 0.262 e. The zero-order valence-electron chi connectivity index (χ0n) is 22.3. The molecule has 0 aliphatic heterocycles. The number of allylic oxidation sites excluding steroid dienone is 1. The van der Waals surface area contributed by atoms with Gasteiger partial charge in [0, 0.05) is 16.9 Å². The van der Waals surface area contributed by atoms with Crippen LogP contribution in [0.5, 0.6) is 11.5 Å². The number of rotatable bonds is 13. The molecule has 0 saturated heterocycles. The minimum Gasteiger partial charge on any atom is -0.490 e. The number of halogens is 1. The molecule has 0 aliphatic rings. The van der Waals surface area contributed by atoms with Gasteiger partial charge in [0.15, 0.2) is 18.1 Å². The maximum absolute atomic E-state index is 13.1. The van der Waals surface area contributed by atoms with E-state index in [1.165, 1.54) is 30.5 Å². The first-order valence-electron chi connectivity index (χ1n) is 12.5. The maximum Gasteiger partial charge on any atom is 0.262 e. The van der Waals surface area contributed by atoms with Crippen molar-refractivity contribution in [3.8, 4) is 11.5 Å². The highest BCUT2D eigenvalue weighted by molar-refractivity contribution is 6.03. The number of hydrazone groups is 1. The molecular formula is C30H31FN4O5. The number of ether oxygens (including phenoxy) is 2.